The van der Waals surface area contributed by atoms with E-state index in [1.54, 1.807) is 0 Å². The summed E-state index contributed by atoms with van der Waals surface area (Å²) in [6.07, 6.45) is 5.04. The standard InChI is InChI=1S/C14H18N2O/c1-11-5-7-12(8-6-11)13(15)14(17)16-9-3-2-4-10-16/h2-3,5-8,13H,4,9-10,15H2,1H3. The zero-order valence-electron chi connectivity index (χ0n) is 10.1. The van der Waals surface area contributed by atoms with E-state index in [0.29, 0.717) is 6.54 Å². The van der Waals surface area contributed by atoms with Crippen LogP contribution in [0.15, 0.2) is 36.4 Å². The normalized spacial score (nSPS) is 16.9. The molecule has 0 radical (unpaired) electrons. The van der Waals surface area contributed by atoms with Crippen LogP contribution in [0.25, 0.3) is 0 Å². The van der Waals surface area contributed by atoms with Crippen molar-refractivity contribution in [2.24, 2.45) is 5.73 Å². The van der Waals surface area contributed by atoms with E-state index in [2.05, 4.69) is 6.08 Å². The zero-order valence-corrected chi connectivity index (χ0v) is 10.1. The Labute approximate surface area is 102 Å². The van der Waals surface area contributed by atoms with Crippen LogP contribution in [0.3, 0.4) is 0 Å². The predicted octanol–water partition coefficient (Wildman–Crippen LogP) is 1.78. The van der Waals surface area contributed by atoms with Crippen LogP contribution >= 0.6 is 0 Å². The first kappa shape index (κ1) is 11.9. The van der Waals surface area contributed by atoms with Gasteiger partial charge in [0, 0.05) is 13.1 Å². The summed E-state index contributed by atoms with van der Waals surface area (Å²) in [5.74, 6) is 0.0122. The molecule has 1 aliphatic heterocycles. The monoisotopic (exact) mass is 230 g/mol. The SMILES string of the molecule is Cc1ccc(C(N)C(=O)N2CC=CCC2)cc1. The minimum absolute atomic E-state index is 0.0122. The molecule has 17 heavy (non-hydrogen) atoms. The Morgan fingerprint density at radius 1 is 1.29 bits per heavy atom. The Morgan fingerprint density at radius 2 is 2.00 bits per heavy atom. The molecule has 3 nitrogen and oxygen atoms in total. The van der Waals surface area contributed by atoms with Crippen LogP contribution in [0, 0.1) is 6.92 Å². The number of nitrogens with zero attached hydrogens (tertiary/aromatic N) is 1. The van der Waals surface area contributed by atoms with Crippen molar-refractivity contribution in [3.8, 4) is 0 Å². The highest BCUT2D eigenvalue weighted by molar-refractivity contribution is 5.83. The van der Waals surface area contributed by atoms with Gasteiger partial charge < -0.3 is 10.6 Å². The summed E-state index contributed by atoms with van der Waals surface area (Å²) in [4.78, 5) is 14.0. The molecule has 1 aliphatic rings. The predicted molar refractivity (Wildman–Crippen MR) is 68.4 cm³/mol. The third-order valence-electron chi connectivity index (χ3n) is 3.07. The van der Waals surface area contributed by atoms with Crippen LogP contribution in [0.1, 0.15) is 23.6 Å². The zero-order chi connectivity index (χ0) is 12.3. The lowest BCUT2D eigenvalue weighted by molar-refractivity contribution is -0.132. The summed E-state index contributed by atoms with van der Waals surface area (Å²) < 4.78 is 0. The molecule has 1 aromatic carbocycles. The first-order chi connectivity index (χ1) is 8.18. The molecule has 3 heteroatoms. The molecule has 1 amide bonds. The van der Waals surface area contributed by atoms with Crippen molar-refractivity contribution in [2.75, 3.05) is 13.1 Å². The molecule has 0 spiro atoms. The van der Waals surface area contributed by atoms with E-state index in [1.165, 1.54) is 5.56 Å². The Bertz CT molecular complexity index is 422. The van der Waals surface area contributed by atoms with Crippen LogP contribution < -0.4 is 5.73 Å². The quantitative estimate of drug-likeness (QED) is 0.787. The number of carbonyl (C=O) groups is 1. The highest BCUT2D eigenvalue weighted by atomic mass is 16.2. The second-order valence-corrected chi connectivity index (χ2v) is 4.43. The minimum atomic E-state index is -0.540. The molecule has 0 saturated heterocycles. The van der Waals surface area contributed by atoms with E-state index in [1.807, 2.05) is 42.2 Å². The summed E-state index contributed by atoms with van der Waals surface area (Å²) in [7, 11) is 0. The minimum Gasteiger partial charge on any atom is -0.337 e. The van der Waals surface area contributed by atoms with E-state index in [4.69, 9.17) is 5.73 Å². The third-order valence-corrected chi connectivity index (χ3v) is 3.07. The third kappa shape index (κ3) is 2.74. The molecule has 1 aromatic rings. The van der Waals surface area contributed by atoms with E-state index in [0.717, 1.165) is 18.5 Å². The number of benzene rings is 1. The molecule has 1 heterocycles. The summed E-state index contributed by atoms with van der Waals surface area (Å²) in [5.41, 5.74) is 8.06. The van der Waals surface area contributed by atoms with Gasteiger partial charge in [-0.05, 0) is 18.9 Å². The Kier molecular flexibility index (Phi) is 3.59. The van der Waals surface area contributed by atoms with Crippen molar-refractivity contribution in [3.63, 3.8) is 0 Å². The van der Waals surface area contributed by atoms with Gasteiger partial charge in [-0.1, -0.05) is 42.0 Å². The molecule has 1 unspecified atom stereocenters. The van der Waals surface area contributed by atoms with Gasteiger partial charge in [-0.15, -0.1) is 0 Å². The smallest absolute Gasteiger partial charge is 0.244 e. The van der Waals surface area contributed by atoms with Gasteiger partial charge in [-0.25, -0.2) is 0 Å². The van der Waals surface area contributed by atoms with Crippen LogP contribution in [0.2, 0.25) is 0 Å². The first-order valence-corrected chi connectivity index (χ1v) is 5.94. The van der Waals surface area contributed by atoms with Crippen molar-refractivity contribution in [1.29, 1.82) is 0 Å². The fraction of sp³-hybridized carbons (Fsp3) is 0.357. The lowest BCUT2D eigenvalue weighted by Crippen LogP contribution is -2.40. The second kappa shape index (κ2) is 5.15. The molecule has 0 bridgehead atoms. The average molecular weight is 230 g/mol. The summed E-state index contributed by atoms with van der Waals surface area (Å²) in [6.45, 7) is 3.47. The number of rotatable bonds is 2. The molecule has 0 aliphatic carbocycles. The lowest BCUT2D eigenvalue weighted by atomic mass is 10.0. The van der Waals surface area contributed by atoms with Crippen molar-refractivity contribution in [2.45, 2.75) is 19.4 Å². The van der Waals surface area contributed by atoms with Gasteiger partial charge in [0.1, 0.15) is 6.04 Å². The maximum absolute atomic E-state index is 12.2. The summed E-state index contributed by atoms with van der Waals surface area (Å²) in [6, 6.07) is 7.29. The van der Waals surface area contributed by atoms with Gasteiger partial charge in [0.15, 0.2) is 0 Å². The topological polar surface area (TPSA) is 46.3 Å². The van der Waals surface area contributed by atoms with Crippen LogP contribution in [-0.4, -0.2) is 23.9 Å². The highest BCUT2D eigenvalue weighted by Gasteiger charge is 2.22. The number of nitrogens with two attached hydrogens (primary N) is 1. The van der Waals surface area contributed by atoms with Crippen molar-refractivity contribution >= 4 is 5.91 Å². The number of carbonyl (C=O) groups excluding carboxylic acids is 1. The molecule has 2 rings (SSSR count). The Balaban J connectivity index is 2.08. The van der Waals surface area contributed by atoms with Gasteiger partial charge in [-0.3, -0.25) is 4.79 Å². The molecule has 0 aromatic heterocycles. The van der Waals surface area contributed by atoms with Crippen molar-refractivity contribution in [3.05, 3.63) is 47.5 Å². The molecular weight excluding hydrogens is 212 g/mol. The van der Waals surface area contributed by atoms with Crippen LogP contribution in [0.5, 0.6) is 0 Å². The maximum atomic E-state index is 12.2. The molecule has 0 fully saturated rings. The van der Waals surface area contributed by atoms with Crippen molar-refractivity contribution in [1.82, 2.24) is 4.90 Å². The fourth-order valence-corrected chi connectivity index (χ4v) is 1.95. The number of aryl methyl sites for hydroxylation is 1. The largest absolute Gasteiger partial charge is 0.337 e. The van der Waals surface area contributed by atoms with Gasteiger partial charge in [0.25, 0.3) is 0 Å². The van der Waals surface area contributed by atoms with Gasteiger partial charge in [0.2, 0.25) is 5.91 Å². The molecule has 2 N–H and O–H groups in total. The highest BCUT2D eigenvalue weighted by Crippen LogP contribution is 2.15. The van der Waals surface area contributed by atoms with E-state index in [9.17, 15) is 4.79 Å². The van der Waals surface area contributed by atoms with E-state index in [-0.39, 0.29) is 5.91 Å². The molecule has 0 saturated carbocycles. The van der Waals surface area contributed by atoms with Gasteiger partial charge in [0.05, 0.1) is 0 Å². The first-order valence-electron chi connectivity index (χ1n) is 5.94. The van der Waals surface area contributed by atoms with E-state index >= 15 is 0 Å². The van der Waals surface area contributed by atoms with Crippen LogP contribution in [0.4, 0.5) is 0 Å². The summed E-state index contributed by atoms with van der Waals surface area (Å²) >= 11 is 0. The van der Waals surface area contributed by atoms with Crippen LogP contribution in [-0.2, 0) is 4.79 Å². The number of amides is 1. The van der Waals surface area contributed by atoms with E-state index < -0.39 is 6.04 Å². The Hall–Kier alpha value is -1.61. The van der Waals surface area contributed by atoms with Gasteiger partial charge in [-0.2, -0.15) is 0 Å². The number of hydrogen-bond donors (Lipinski definition) is 1. The summed E-state index contributed by atoms with van der Waals surface area (Å²) in [5, 5.41) is 0. The number of hydrogen-bond acceptors (Lipinski definition) is 2. The maximum Gasteiger partial charge on any atom is 0.244 e. The second-order valence-electron chi connectivity index (χ2n) is 4.43. The van der Waals surface area contributed by atoms with Gasteiger partial charge >= 0.3 is 0 Å². The Morgan fingerprint density at radius 3 is 2.59 bits per heavy atom. The average Bonchev–Trinajstić information content (AvgIpc) is 2.39. The molecular formula is C14H18N2O. The lowest BCUT2D eigenvalue weighted by Gasteiger charge is -2.26. The van der Waals surface area contributed by atoms with Crippen molar-refractivity contribution < 1.29 is 4.79 Å². The molecule has 90 valence electrons. The fourth-order valence-electron chi connectivity index (χ4n) is 1.95. The molecule has 1 atom stereocenters.